The predicted octanol–water partition coefficient (Wildman–Crippen LogP) is 11.2. The Kier molecular flexibility index (Phi) is 20.4. The van der Waals surface area contributed by atoms with Crippen molar-refractivity contribution in [1.82, 2.24) is 0 Å². The minimum Gasteiger partial charge on any atom is -0.494 e. The largest absolute Gasteiger partial charge is 0.494 e. The van der Waals surface area contributed by atoms with Crippen LogP contribution in [0.3, 0.4) is 0 Å². The molecule has 1 unspecified atom stereocenters. The number of rotatable bonds is 17. The van der Waals surface area contributed by atoms with Crippen LogP contribution in [0.5, 0.6) is 17.2 Å². The second-order valence-electron chi connectivity index (χ2n) is 15.1. The van der Waals surface area contributed by atoms with Gasteiger partial charge in [0.05, 0.1) is 49.2 Å². The van der Waals surface area contributed by atoms with E-state index in [1.807, 2.05) is 42.5 Å². The summed E-state index contributed by atoms with van der Waals surface area (Å²) in [4.78, 5) is 68.0. The van der Waals surface area contributed by atoms with Crippen LogP contribution in [0, 0.1) is 0 Å². The fourth-order valence-electron chi connectivity index (χ4n) is 6.12. The summed E-state index contributed by atoms with van der Waals surface area (Å²) in [6, 6.07) is 34.6. The van der Waals surface area contributed by atoms with Crippen LogP contribution >= 0.6 is 0 Å². The van der Waals surface area contributed by atoms with Gasteiger partial charge in [0, 0.05) is 13.8 Å². The number of unbranched alkanes of at least 4 members (excludes halogenated alkanes) is 2. The Hall–Kier alpha value is -7.54. The average molecular weight is 901 g/mol. The second-order valence-corrected chi connectivity index (χ2v) is 15.1. The molecular formula is C53H56O13. The summed E-state index contributed by atoms with van der Waals surface area (Å²) in [6.07, 6.45) is 4.64. The summed E-state index contributed by atoms with van der Waals surface area (Å²) in [6.45, 7) is 10.7. The third-order valence-electron chi connectivity index (χ3n) is 10.0. The quantitative estimate of drug-likeness (QED) is 0.0396. The van der Waals surface area contributed by atoms with Crippen molar-refractivity contribution in [2.45, 2.75) is 72.6 Å². The third-order valence-corrected chi connectivity index (χ3v) is 10.0. The van der Waals surface area contributed by atoms with Gasteiger partial charge >= 0.3 is 35.8 Å². The molecule has 0 heterocycles. The van der Waals surface area contributed by atoms with E-state index in [0.29, 0.717) is 53.9 Å². The van der Waals surface area contributed by atoms with Gasteiger partial charge in [-0.05, 0) is 144 Å². The number of hydrogen-bond donors (Lipinski definition) is 1. The van der Waals surface area contributed by atoms with E-state index < -0.39 is 23.9 Å². The predicted molar refractivity (Wildman–Crippen MR) is 251 cm³/mol. The molecule has 6 rings (SSSR count). The van der Waals surface area contributed by atoms with E-state index in [9.17, 15) is 28.8 Å². The Morgan fingerprint density at radius 2 is 0.939 bits per heavy atom. The first-order valence-electron chi connectivity index (χ1n) is 21.6. The summed E-state index contributed by atoms with van der Waals surface area (Å²) in [5, 5.41) is 12.8. The van der Waals surface area contributed by atoms with Gasteiger partial charge < -0.3 is 33.5 Å². The van der Waals surface area contributed by atoms with Crippen LogP contribution in [0.1, 0.15) is 120 Å². The zero-order valence-electron chi connectivity index (χ0n) is 38.1. The summed E-state index contributed by atoms with van der Waals surface area (Å²) in [7, 11) is 1.30. The first kappa shape index (κ1) is 51.1. The summed E-state index contributed by atoms with van der Waals surface area (Å²) in [5.74, 6) is -1.03. The second kappa shape index (κ2) is 26.3. The topological polar surface area (TPSA) is 178 Å². The van der Waals surface area contributed by atoms with Gasteiger partial charge in [0.15, 0.2) is 0 Å². The van der Waals surface area contributed by atoms with E-state index in [-0.39, 0.29) is 17.5 Å². The number of carboxylic acid groups (broad SMARTS) is 1. The summed E-state index contributed by atoms with van der Waals surface area (Å²) in [5.41, 5.74) is 2.67. The van der Waals surface area contributed by atoms with Crippen molar-refractivity contribution >= 4 is 57.4 Å². The van der Waals surface area contributed by atoms with Crippen LogP contribution in [-0.2, 0) is 23.8 Å². The van der Waals surface area contributed by atoms with Crippen molar-refractivity contribution in [2.24, 2.45) is 0 Å². The number of benzene rings is 6. The Morgan fingerprint density at radius 1 is 0.500 bits per heavy atom. The van der Waals surface area contributed by atoms with Gasteiger partial charge in [-0.2, -0.15) is 0 Å². The highest BCUT2D eigenvalue weighted by Crippen LogP contribution is 2.26. The number of hydrogen-bond acceptors (Lipinski definition) is 12. The molecule has 0 bridgehead atoms. The normalized spacial score (nSPS) is 10.8. The van der Waals surface area contributed by atoms with Crippen molar-refractivity contribution in [3.8, 4) is 17.2 Å². The molecule has 13 heteroatoms. The first-order valence-corrected chi connectivity index (χ1v) is 21.6. The highest BCUT2D eigenvalue weighted by Gasteiger charge is 2.13. The van der Waals surface area contributed by atoms with E-state index in [4.69, 9.17) is 24.1 Å². The molecule has 6 aromatic rings. The molecule has 0 fully saturated rings. The number of fused-ring (bicyclic) bond motifs is 2. The maximum Gasteiger partial charge on any atom is 0.343 e. The zero-order chi connectivity index (χ0) is 48.0. The van der Waals surface area contributed by atoms with Crippen molar-refractivity contribution in [2.75, 3.05) is 26.9 Å². The van der Waals surface area contributed by atoms with Gasteiger partial charge in [-0.3, -0.25) is 9.59 Å². The fraction of sp³-hybridized carbons (Fsp3) is 0.283. The third kappa shape index (κ3) is 16.5. The lowest BCUT2D eigenvalue weighted by Crippen LogP contribution is -2.08. The van der Waals surface area contributed by atoms with Crippen molar-refractivity contribution in [3.63, 3.8) is 0 Å². The van der Waals surface area contributed by atoms with Gasteiger partial charge in [-0.25, -0.2) is 19.2 Å². The van der Waals surface area contributed by atoms with Crippen LogP contribution in [0.2, 0.25) is 0 Å². The molecule has 0 saturated carbocycles. The first-order chi connectivity index (χ1) is 31.7. The van der Waals surface area contributed by atoms with Gasteiger partial charge in [0.1, 0.15) is 17.2 Å². The number of ether oxygens (including phenoxy) is 6. The van der Waals surface area contributed by atoms with Gasteiger partial charge in [-0.1, -0.05) is 63.6 Å². The summed E-state index contributed by atoms with van der Waals surface area (Å²) >= 11 is 0. The standard InChI is InChI=1S/C25H24O7.C22H20O4.C6H12O2/c1-17(26)30-13-3-4-14-31-23-12-9-19-15-21(6-5-20(19)16-23)25(28)32-22-10-7-18(8-11-22)24(27)29-2;1-3-14(2)16-4-5-18-13-19(7-6-17(18)12-16)22(25)26-20-10-8-15(9-11-20)21(23)24;1-3-4-5-8-6(2)7/h5-12,15-16H,3-4,13-14H2,1-2H3;4-14H,3H2,1-2H3,(H,23,24);3-5H2,1-2H3. The number of carbonyl (C=O) groups excluding carboxylic acids is 5. The zero-order valence-corrected chi connectivity index (χ0v) is 38.1. The maximum absolute atomic E-state index is 12.5. The van der Waals surface area contributed by atoms with E-state index in [1.54, 1.807) is 30.3 Å². The Morgan fingerprint density at radius 3 is 1.44 bits per heavy atom. The average Bonchev–Trinajstić information content (AvgIpc) is 3.32. The van der Waals surface area contributed by atoms with E-state index in [1.165, 1.54) is 62.9 Å². The SMILES string of the molecule is CCC(C)c1ccc2cc(C(=O)Oc3ccc(C(=O)O)cc3)ccc2c1.CCCCOC(C)=O.COC(=O)c1ccc(OC(=O)c2ccc3cc(OCCCCOC(C)=O)ccc3c2)cc1. The molecule has 6 aromatic carbocycles. The Bertz CT molecular complexity index is 2580. The number of methoxy groups -OCH3 is 1. The van der Waals surface area contributed by atoms with E-state index in [0.717, 1.165) is 59.4 Å². The smallest absolute Gasteiger partial charge is 0.343 e. The molecule has 346 valence electrons. The van der Waals surface area contributed by atoms with Crippen LogP contribution in [-0.4, -0.2) is 67.9 Å². The molecule has 0 aromatic heterocycles. The minimum absolute atomic E-state index is 0.146. The number of aromatic carboxylic acids is 1. The molecule has 0 amide bonds. The van der Waals surface area contributed by atoms with Crippen molar-refractivity contribution in [3.05, 3.63) is 149 Å². The Balaban J connectivity index is 0.000000251. The molecule has 0 aliphatic carbocycles. The van der Waals surface area contributed by atoms with Gasteiger partial charge in [0.25, 0.3) is 0 Å². The van der Waals surface area contributed by atoms with Gasteiger partial charge in [-0.15, -0.1) is 0 Å². The fourth-order valence-corrected chi connectivity index (χ4v) is 6.12. The minimum atomic E-state index is -1.02. The van der Waals surface area contributed by atoms with Crippen molar-refractivity contribution in [1.29, 1.82) is 0 Å². The highest BCUT2D eigenvalue weighted by atomic mass is 16.5. The lowest BCUT2D eigenvalue weighted by molar-refractivity contribution is -0.142. The van der Waals surface area contributed by atoms with Crippen LogP contribution in [0.25, 0.3) is 21.5 Å². The molecule has 66 heavy (non-hydrogen) atoms. The maximum atomic E-state index is 12.5. The number of carboxylic acids is 1. The van der Waals surface area contributed by atoms with Crippen molar-refractivity contribution < 1.29 is 62.3 Å². The van der Waals surface area contributed by atoms with Crippen LogP contribution < -0.4 is 14.2 Å². The number of esters is 5. The molecular weight excluding hydrogens is 845 g/mol. The highest BCUT2D eigenvalue weighted by molar-refractivity contribution is 5.98. The lowest BCUT2D eigenvalue weighted by Gasteiger charge is -2.11. The summed E-state index contributed by atoms with van der Waals surface area (Å²) < 4.78 is 30.7. The molecule has 0 radical (unpaired) electrons. The molecule has 0 saturated heterocycles. The van der Waals surface area contributed by atoms with E-state index >= 15 is 0 Å². The molecule has 1 N–H and O–H groups in total. The molecule has 0 spiro atoms. The molecule has 0 aliphatic rings. The molecule has 0 aliphatic heterocycles. The molecule has 13 nitrogen and oxygen atoms in total. The van der Waals surface area contributed by atoms with Crippen LogP contribution in [0.15, 0.2) is 121 Å². The Labute approximate surface area is 384 Å². The molecule has 1 atom stereocenters. The number of carbonyl (C=O) groups is 6. The van der Waals surface area contributed by atoms with Gasteiger partial charge in [0.2, 0.25) is 0 Å². The van der Waals surface area contributed by atoms with Crippen LogP contribution in [0.4, 0.5) is 0 Å². The lowest BCUT2D eigenvalue weighted by atomic mass is 9.95. The monoisotopic (exact) mass is 900 g/mol. The van der Waals surface area contributed by atoms with E-state index in [2.05, 4.69) is 42.4 Å².